The maximum absolute atomic E-state index is 12.1. The van der Waals surface area contributed by atoms with E-state index in [1.165, 1.54) is 6.07 Å². The van der Waals surface area contributed by atoms with Crippen LogP contribution in [0.1, 0.15) is 29.8 Å². The normalized spacial score (nSPS) is 20.7. The first-order valence-electron chi connectivity index (χ1n) is 13.2. The van der Waals surface area contributed by atoms with E-state index in [9.17, 15) is 18.8 Å². The molecule has 4 atom stereocenters. The number of nitrogens with one attached hydrogen (secondary N) is 1. The lowest BCUT2D eigenvalue weighted by Crippen LogP contribution is -2.25. The summed E-state index contributed by atoms with van der Waals surface area (Å²) in [6, 6.07) is 18.4. The zero-order valence-electron chi connectivity index (χ0n) is 22.2. The predicted molar refractivity (Wildman–Crippen MR) is 154 cm³/mol. The smallest absolute Gasteiger partial charge is 0.240 e. The molecule has 2 fully saturated rings. The zero-order valence-corrected chi connectivity index (χ0v) is 23.1. The number of aliphatic hydroxyl groups is 1. The van der Waals surface area contributed by atoms with Crippen LogP contribution in [0.3, 0.4) is 0 Å². The number of fused-ring (bicyclic) bond motifs is 2. The number of hydrogen-bond acceptors (Lipinski definition) is 8. The van der Waals surface area contributed by atoms with Crippen LogP contribution >= 0.6 is 0 Å². The van der Waals surface area contributed by atoms with E-state index in [1.54, 1.807) is 24.4 Å². The van der Waals surface area contributed by atoms with Gasteiger partial charge in [-0.2, -0.15) is 5.26 Å². The number of nitrogens with zero attached hydrogens (tertiary/aromatic N) is 4. The van der Waals surface area contributed by atoms with Crippen molar-refractivity contribution in [2.24, 2.45) is 22.9 Å². The number of hydrogen-bond donors (Lipinski definition) is 3. The van der Waals surface area contributed by atoms with Gasteiger partial charge < -0.3 is 15.3 Å². The summed E-state index contributed by atoms with van der Waals surface area (Å²) in [7, 11) is -3.91. The lowest BCUT2D eigenvalue weighted by molar-refractivity contribution is 0.260. The second kappa shape index (κ2) is 9.86. The Bertz CT molecular complexity index is 1760. The Hall–Kier alpha value is -4.04. The topological polar surface area (TPSA) is 145 Å². The van der Waals surface area contributed by atoms with Gasteiger partial charge in [0, 0.05) is 48.4 Å². The molecule has 0 radical (unpaired) electrons. The van der Waals surface area contributed by atoms with Crippen LogP contribution in [0.5, 0.6) is 0 Å². The second-order valence-corrected chi connectivity index (χ2v) is 12.3. The van der Waals surface area contributed by atoms with Crippen LogP contribution in [0, 0.1) is 36.0 Å². The molecule has 4 aromatic rings. The van der Waals surface area contributed by atoms with Crippen molar-refractivity contribution in [1.82, 2.24) is 9.97 Å². The molecular weight excluding hydrogens is 524 g/mol. The minimum Gasteiger partial charge on any atom is -0.396 e. The molecule has 3 heterocycles. The molecule has 40 heavy (non-hydrogen) atoms. The number of piperidine rings is 1. The first kappa shape index (κ1) is 26.2. The number of nitriles is 1. The third-order valence-corrected chi connectivity index (χ3v) is 9.18. The highest BCUT2D eigenvalue weighted by Crippen LogP contribution is 2.52. The van der Waals surface area contributed by atoms with Gasteiger partial charge in [-0.15, -0.1) is 0 Å². The van der Waals surface area contributed by atoms with Crippen molar-refractivity contribution in [1.29, 1.82) is 5.26 Å². The summed E-state index contributed by atoms with van der Waals surface area (Å²) >= 11 is 0. The average Bonchev–Trinajstić information content (AvgIpc) is 3.41. The zero-order chi connectivity index (χ0) is 28.2. The number of nitrogens with two attached hydrogens (primary N) is 1. The molecule has 10 heteroatoms. The van der Waals surface area contributed by atoms with Crippen molar-refractivity contribution in [3.63, 3.8) is 0 Å². The first-order valence-corrected chi connectivity index (χ1v) is 14.8. The van der Waals surface area contributed by atoms with Crippen LogP contribution in [0.15, 0.2) is 65.7 Å². The van der Waals surface area contributed by atoms with Crippen LogP contribution in [-0.4, -0.2) is 43.2 Å². The molecule has 0 spiro atoms. The lowest BCUT2D eigenvalue weighted by Gasteiger charge is -2.21. The molecule has 1 aliphatic heterocycles. The van der Waals surface area contributed by atoms with Gasteiger partial charge in [0.1, 0.15) is 22.5 Å². The fourth-order valence-corrected chi connectivity index (χ4v) is 6.80. The molecule has 0 bridgehead atoms. The van der Waals surface area contributed by atoms with E-state index in [0.717, 1.165) is 41.0 Å². The van der Waals surface area contributed by atoms with E-state index >= 15 is 0 Å². The van der Waals surface area contributed by atoms with E-state index < -0.39 is 10.0 Å². The highest BCUT2D eigenvalue weighted by Gasteiger charge is 2.55. The molecule has 0 amide bonds. The number of primary sulfonamides is 1. The number of anilines is 2. The van der Waals surface area contributed by atoms with E-state index in [-0.39, 0.29) is 17.5 Å². The van der Waals surface area contributed by atoms with Crippen LogP contribution in [0.4, 0.5) is 11.5 Å². The van der Waals surface area contributed by atoms with Gasteiger partial charge in [0.25, 0.3) is 0 Å². The van der Waals surface area contributed by atoms with Crippen LogP contribution in [0.2, 0.25) is 0 Å². The molecule has 2 aliphatic rings. The number of pyridine rings is 2. The maximum atomic E-state index is 12.1. The second-order valence-electron chi connectivity index (χ2n) is 10.8. The van der Waals surface area contributed by atoms with Crippen molar-refractivity contribution in [3.8, 4) is 17.2 Å². The van der Waals surface area contributed by atoms with Gasteiger partial charge in [0.05, 0.1) is 11.2 Å². The number of aromatic nitrogens is 2. The van der Waals surface area contributed by atoms with E-state index in [0.29, 0.717) is 40.2 Å². The summed E-state index contributed by atoms with van der Waals surface area (Å²) in [6.45, 7) is 5.99. The summed E-state index contributed by atoms with van der Waals surface area (Å²) in [4.78, 5) is 11.7. The SMILES string of the molecule is Cc1cc([C@@H](C)Nc2ccccc2S(N)(=O)=O)c2cc(-c3ccc(N4C[C@@H]5C(CO)[C@@H]5C4)nc3)c(C#N)nc2c1. The highest BCUT2D eigenvalue weighted by atomic mass is 32.2. The Morgan fingerprint density at radius 3 is 2.58 bits per heavy atom. The molecule has 4 N–H and O–H groups in total. The van der Waals surface area contributed by atoms with Gasteiger partial charge in [0.2, 0.25) is 10.0 Å². The van der Waals surface area contributed by atoms with Crippen LogP contribution in [-0.2, 0) is 10.0 Å². The number of rotatable bonds is 7. The Balaban J connectivity index is 1.35. The third kappa shape index (κ3) is 4.66. The fraction of sp³-hybridized carbons (Fsp3) is 0.300. The molecular formula is C30H30N6O3S. The number of sulfonamides is 1. The number of aryl methyl sites for hydroxylation is 1. The highest BCUT2D eigenvalue weighted by molar-refractivity contribution is 7.89. The maximum Gasteiger partial charge on any atom is 0.240 e. The van der Waals surface area contributed by atoms with Crippen molar-refractivity contribution in [2.45, 2.75) is 24.8 Å². The van der Waals surface area contributed by atoms with Crippen LogP contribution in [0.25, 0.3) is 22.0 Å². The lowest BCUT2D eigenvalue weighted by atomic mass is 9.95. The molecule has 1 saturated carbocycles. The molecule has 1 saturated heterocycles. The van der Waals surface area contributed by atoms with Gasteiger partial charge in [-0.25, -0.2) is 23.5 Å². The summed E-state index contributed by atoms with van der Waals surface area (Å²) in [5.41, 5.74) is 4.77. The fourth-order valence-electron chi connectivity index (χ4n) is 6.10. The van der Waals surface area contributed by atoms with Gasteiger partial charge in [-0.3, -0.25) is 0 Å². The molecule has 6 rings (SSSR count). The largest absolute Gasteiger partial charge is 0.396 e. The summed E-state index contributed by atoms with van der Waals surface area (Å²) in [6.07, 6.45) is 1.78. The van der Waals surface area contributed by atoms with Crippen molar-refractivity contribution in [3.05, 3.63) is 77.6 Å². The summed E-state index contributed by atoms with van der Waals surface area (Å²) in [5, 5.41) is 29.0. The number of aliphatic hydroxyl groups excluding tert-OH is 1. The summed E-state index contributed by atoms with van der Waals surface area (Å²) < 4.78 is 24.3. The third-order valence-electron chi connectivity index (χ3n) is 8.21. The number of para-hydroxylation sites is 1. The van der Waals surface area contributed by atoms with Crippen LogP contribution < -0.4 is 15.4 Å². The van der Waals surface area contributed by atoms with E-state index in [1.807, 2.05) is 44.2 Å². The molecule has 2 aromatic heterocycles. The molecule has 9 nitrogen and oxygen atoms in total. The molecule has 2 aromatic carbocycles. The van der Waals surface area contributed by atoms with Crippen molar-refractivity contribution < 1.29 is 13.5 Å². The monoisotopic (exact) mass is 554 g/mol. The molecule has 1 aliphatic carbocycles. The van der Waals surface area contributed by atoms with Crippen molar-refractivity contribution >= 4 is 32.4 Å². The minimum absolute atomic E-state index is 0.0257. The molecule has 1 unspecified atom stereocenters. The predicted octanol–water partition coefficient (Wildman–Crippen LogP) is 3.97. The Kier molecular flexibility index (Phi) is 6.45. The van der Waals surface area contributed by atoms with Gasteiger partial charge in [0.15, 0.2) is 0 Å². The van der Waals surface area contributed by atoms with E-state index in [2.05, 4.69) is 16.3 Å². The Morgan fingerprint density at radius 2 is 1.93 bits per heavy atom. The van der Waals surface area contributed by atoms with Gasteiger partial charge >= 0.3 is 0 Å². The van der Waals surface area contributed by atoms with E-state index in [4.69, 9.17) is 15.1 Å². The number of benzene rings is 2. The summed E-state index contributed by atoms with van der Waals surface area (Å²) in [5.74, 6) is 2.43. The van der Waals surface area contributed by atoms with Gasteiger partial charge in [-0.05, 0) is 79.1 Å². The Morgan fingerprint density at radius 1 is 1.18 bits per heavy atom. The molecule has 204 valence electrons. The Labute approximate surface area is 233 Å². The first-order chi connectivity index (χ1) is 19.2. The minimum atomic E-state index is -3.91. The quantitative estimate of drug-likeness (QED) is 0.311. The average molecular weight is 555 g/mol. The van der Waals surface area contributed by atoms with Gasteiger partial charge in [-0.1, -0.05) is 18.2 Å². The van der Waals surface area contributed by atoms with Crippen molar-refractivity contribution in [2.75, 3.05) is 29.9 Å². The standard InChI is InChI=1S/C30H30N6O3S/c1-17-9-20(18(2)34-26-5-3-4-6-29(26)40(32,38)39)22-11-21(28(12-31)35-27(22)10-17)19-7-8-30(33-13-19)36-14-23-24(15-36)25(23)16-37/h3-11,13,18,23-25,34,37H,14-16H2,1-2H3,(H2,32,38,39)/t18-,23-,24+,25?/m1/s1.